The maximum atomic E-state index is 11.7. The number of aromatic nitrogens is 1. The SMILES string of the molecule is O=C[C@H](O)[C@@H](O)[C@H](O)[C@H](O)C(=O)Oc1cc2ccccc2[nH]1. The molecule has 2 aromatic rings. The van der Waals surface area contributed by atoms with Gasteiger partial charge in [0.2, 0.25) is 5.88 Å². The van der Waals surface area contributed by atoms with Crippen LogP contribution in [0, 0.1) is 0 Å². The third-order valence-electron chi connectivity index (χ3n) is 3.12. The normalized spacial score (nSPS) is 16.7. The zero-order valence-corrected chi connectivity index (χ0v) is 11.3. The average molecular weight is 309 g/mol. The summed E-state index contributed by atoms with van der Waals surface area (Å²) in [5.41, 5.74) is 0.705. The van der Waals surface area contributed by atoms with Crippen LogP contribution in [-0.2, 0) is 9.59 Å². The van der Waals surface area contributed by atoms with Crippen molar-refractivity contribution in [1.29, 1.82) is 0 Å². The number of fused-ring (bicyclic) bond motifs is 1. The van der Waals surface area contributed by atoms with Gasteiger partial charge in [-0.1, -0.05) is 18.2 Å². The lowest BCUT2D eigenvalue weighted by atomic mass is 10.0. The number of hydrogen-bond acceptors (Lipinski definition) is 7. The Balaban J connectivity index is 2.05. The van der Waals surface area contributed by atoms with Gasteiger partial charge in [-0.25, -0.2) is 4.79 Å². The van der Waals surface area contributed by atoms with Crippen molar-refractivity contribution in [3.8, 4) is 5.88 Å². The molecule has 0 amide bonds. The first-order chi connectivity index (χ1) is 10.4. The van der Waals surface area contributed by atoms with E-state index in [2.05, 4.69) is 4.98 Å². The number of H-pyrrole nitrogens is 1. The number of esters is 1. The maximum Gasteiger partial charge on any atom is 0.344 e. The van der Waals surface area contributed by atoms with E-state index in [0.717, 1.165) is 5.39 Å². The van der Waals surface area contributed by atoms with Gasteiger partial charge in [-0.3, -0.25) is 0 Å². The minimum Gasteiger partial charge on any atom is -0.407 e. The Morgan fingerprint density at radius 2 is 1.82 bits per heavy atom. The number of nitrogens with one attached hydrogen (secondary N) is 1. The van der Waals surface area contributed by atoms with Gasteiger partial charge in [0.05, 0.1) is 0 Å². The molecule has 8 heteroatoms. The molecule has 0 aliphatic carbocycles. The van der Waals surface area contributed by atoms with E-state index in [1.165, 1.54) is 6.07 Å². The minimum absolute atomic E-state index is 0.0242. The first-order valence-corrected chi connectivity index (χ1v) is 6.41. The molecule has 0 saturated carbocycles. The summed E-state index contributed by atoms with van der Waals surface area (Å²) in [6, 6.07) is 8.61. The molecule has 0 aliphatic rings. The van der Waals surface area contributed by atoms with Gasteiger partial charge in [0.25, 0.3) is 0 Å². The Morgan fingerprint density at radius 1 is 1.14 bits per heavy atom. The Hall–Kier alpha value is -2.26. The zero-order valence-electron chi connectivity index (χ0n) is 11.3. The highest BCUT2D eigenvalue weighted by Gasteiger charge is 2.35. The van der Waals surface area contributed by atoms with Crippen molar-refractivity contribution in [2.75, 3.05) is 0 Å². The van der Waals surface area contributed by atoms with Gasteiger partial charge in [-0.05, 0) is 6.07 Å². The number of aliphatic hydroxyl groups is 4. The van der Waals surface area contributed by atoms with Gasteiger partial charge >= 0.3 is 5.97 Å². The molecule has 0 saturated heterocycles. The molecule has 0 spiro atoms. The van der Waals surface area contributed by atoms with E-state index in [1.807, 2.05) is 0 Å². The number of carbonyl (C=O) groups excluding carboxylic acids is 2. The number of carbonyl (C=O) groups is 2. The number of benzene rings is 1. The molecule has 2 rings (SSSR count). The largest absolute Gasteiger partial charge is 0.407 e. The molecular weight excluding hydrogens is 294 g/mol. The third-order valence-corrected chi connectivity index (χ3v) is 3.12. The predicted molar refractivity (Wildman–Crippen MR) is 74.0 cm³/mol. The molecule has 0 bridgehead atoms. The van der Waals surface area contributed by atoms with Crippen LogP contribution in [0.1, 0.15) is 0 Å². The van der Waals surface area contributed by atoms with Crippen LogP contribution in [0.25, 0.3) is 10.9 Å². The van der Waals surface area contributed by atoms with Crippen LogP contribution in [0.15, 0.2) is 30.3 Å². The van der Waals surface area contributed by atoms with Crippen molar-refractivity contribution in [2.24, 2.45) is 0 Å². The Labute approximate surface area is 124 Å². The van der Waals surface area contributed by atoms with Gasteiger partial charge < -0.3 is 34.9 Å². The molecule has 1 aromatic carbocycles. The fourth-order valence-corrected chi connectivity index (χ4v) is 1.88. The molecule has 1 heterocycles. The van der Waals surface area contributed by atoms with Crippen molar-refractivity contribution >= 4 is 23.2 Å². The second-order valence-corrected chi connectivity index (χ2v) is 4.69. The molecule has 0 fully saturated rings. The zero-order chi connectivity index (χ0) is 16.3. The van der Waals surface area contributed by atoms with Crippen LogP contribution in [0.5, 0.6) is 5.88 Å². The minimum atomic E-state index is -2.13. The summed E-state index contributed by atoms with van der Waals surface area (Å²) in [6.07, 6.45) is -8.16. The monoisotopic (exact) mass is 309 g/mol. The summed E-state index contributed by atoms with van der Waals surface area (Å²) in [5.74, 6) is -1.20. The molecule has 8 nitrogen and oxygen atoms in total. The summed E-state index contributed by atoms with van der Waals surface area (Å²) in [5, 5.41) is 38.4. The van der Waals surface area contributed by atoms with E-state index < -0.39 is 30.4 Å². The number of aromatic amines is 1. The fourth-order valence-electron chi connectivity index (χ4n) is 1.88. The van der Waals surface area contributed by atoms with Gasteiger partial charge in [-0.15, -0.1) is 0 Å². The molecule has 4 atom stereocenters. The van der Waals surface area contributed by atoms with Gasteiger partial charge in [-0.2, -0.15) is 0 Å². The summed E-state index contributed by atoms with van der Waals surface area (Å²) in [6.45, 7) is 0. The van der Waals surface area contributed by atoms with Crippen LogP contribution in [-0.4, -0.2) is 62.1 Å². The Kier molecular flexibility index (Phi) is 4.88. The molecular formula is C14H15NO7. The quantitative estimate of drug-likeness (QED) is 0.330. The van der Waals surface area contributed by atoms with Crippen LogP contribution in [0.2, 0.25) is 0 Å². The lowest BCUT2D eigenvalue weighted by Gasteiger charge is -2.22. The van der Waals surface area contributed by atoms with E-state index in [0.29, 0.717) is 5.52 Å². The van der Waals surface area contributed by atoms with Crippen LogP contribution in [0.3, 0.4) is 0 Å². The van der Waals surface area contributed by atoms with Crippen molar-refractivity contribution in [3.05, 3.63) is 30.3 Å². The topological polar surface area (TPSA) is 140 Å². The first kappa shape index (κ1) is 16.1. The third kappa shape index (κ3) is 3.31. The number of rotatable bonds is 6. The number of aldehydes is 1. The highest BCUT2D eigenvalue weighted by Crippen LogP contribution is 2.20. The van der Waals surface area contributed by atoms with Crippen molar-refractivity contribution in [1.82, 2.24) is 4.98 Å². The van der Waals surface area contributed by atoms with Gasteiger partial charge in [0, 0.05) is 17.0 Å². The van der Waals surface area contributed by atoms with E-state index in [4.69, 9.17) is 9.84 Å². The average Bonchev–Trinajstić information content (AvgIpc) is 2.93. The van der Waals surface area contributed by atoms with E-state index >= 15 is 0 Å². The van der Waals surface area contributed by atoms with E-state index in [-0.39, 0.29) is 12.2 Å². The number of hydrogen-bond donors (Lipinski definition) is 5. The lowest BCUT2D eigenvalue weighted by molar-refractivity contribution is -0.161. The highest BCUT2D eigenvalue weighted by atomic mass is 16.6. The molecule has 5 N–H and O–H groups in total. The molecule has 22 heavy (non-hydrogen) atoms. The standard InChI is InChI=1S/C14H15NO7/c16-6-9(17)11(18)12(19)13(20)14(21)22-10-5-7-3-1-2-4-8(7)15-10/h1-6,9,11-13,15,17-20H/t9-,11+,12-,13-/m0/s1. The Bertz CT molecular complexity index is 635. The highest BCUT2D eigenvalue weighted by molar-refractivity contribution is 5.83. The van der Waals surface area contributed by atoms with Crippen LogP contribution in [0.4, 0.5) is 0 Å². The van der Waals surface area contributed by atoms with Gasteiger partial charge in [0.1, 0.15) is 18.3 Å². The van der Waals surface area contributed by atoms with Crippen molar-refractivity contribution in [3.63, 3.8) is 0 Å². The summed E-state index contributed by atoms with van der Waals surface area (Å²) < 4.78 is 4.86. The van der Waals surface area contributed by atoms with Crippen LogP contribution >= 0.6 is 0 Å². The number of aliphatic hydroxyl groups excluding tert-OH is 4. The lowest BCUT2D eigenvalue weighted by Crippen LogP contribution is -2.49. The number of ether oxygens (including phenoxy) is 1. The number of para-hydroxylation sites is 1. The second-order valence-electron chi connectivity index (χ2n) is 4.69. The van der Waals surface area contributed by atoms with Crippen molar-refractivity contribution < 1.29 is 34.8 Å². The van der Waals surface area contributed by atoms with E-state index in [9.17, 15) is 24.9 Å². The first-order valence-electron chi connectivity index (χ1n) is 6.41. The molecule has 0 aliphatic heterocycles. The van der Waals surface area contributed by atoms with E-state index in [1.54, 1.807) is 24.3 Å². The molecule has 0 radical (unpaired) electrons. The van der Waals surface area contributed by atoms with Crippen molar-refractivity contribution in [2.45, 2.75) is 24.4 Å². The summed E-state index contributed by atoms with van der Waals surface area (Å²) in [4.78, 5) is 24.8. The van der Waals surface area contributed by atoms with Gasteiger partial charge in [0.15, 0.2) is 12.4 Å². The maximum absolute atomic E-state index is 11.7. The second kappa shape index (κ2) is 6.67. The summed E-state index contributed by atoms with van der Waals surface area (Å²) in [7, 11) is 0. The molecule has 0 unspecified atom stereocenters. The molecule has 1 aromatic heterocycles. The Morgan fingerprint density at radius 3 is 2.45 bits per heavy atom. The smallest absolute Gasteiger partial charge is 0.344 e. The molecule has 118 valence electrons. The van der Waals surface area contributed by atoms with Crippen LogP contribution < -0.4 is 4.74 Å². The predicted octanol–water partition coefficient (Wildman–Crippen LogP) is -1.28. The fraction of sp³-hybridized carbons (Fsp3) is 0.286. The summed E-state index contributed by atoms with van der Waals surface area (Å²) >= 11 is 0.